The van der Waals surface area contributed by atoms with Gasteiger partial charge in [-0.05, 0) is 0 Å². The van der Waals surface area contributed by atoms with Gasteiger partial charge in [0.15, 0.2) is 12.3 Å². The van der Waals surface area contributed by atoms with Gasteiger partial charge in [-0.3, -0.25) is 19.2 Å². The van der Waals surface area contributed by atoms with Crippen molar-refractivity contribution in [3.8, 4) is 0 Å². The number of hydrogen-bond donors (Lipinski definition) is 0. The van der Waals surface area contributed by atoms with Gasteiger partial charge in [0.2, 0.25) is 23.6 Å². The molecule has 0 radical (unpaired) electrons. The van der Waals surface area contributed by atoms with E-state index in [1.54, 1.807) is 0 Å². The van der Waals surface area contributed by atoms with Crippen LogP contribution in [0.5, 0.6) is 0 Å². The van der Waals surface area contributed by atoms with Crippen molar-refractivity contribution in [2.45, 2.75) is 65.7 Å². The number of nitrogens with zero attached hydrogens (tertiary/aromatic N) is 4. The maximum atomic E-state index is 12.8. The molecule has 142 valence electrons. The minimum absolute atomic E-state index is 0.0623. The first-order valence-corrected chi connectivity index (χ1v) is 8.62. The third-order valence-electron chi connectivity index (χ3n) is 4.43. The van der Waals surface area contributed by atoms with Crippen LogP contribution in [0.4, 0.5) is 9.59 Å². The Labute approximate surface area is 150 Å². The molecule has 2 heterocycles. The average molecular weight is 366 g/mol. The van der Waals surface area contributed by atoms with Crippen LogP contribution in [-0.4, -0.2) is 67.6 Å². The van der Waals surface area contributed by atoms with E-state index in [0.29, 0.717) is 0 Å². The van der Waals surface area contributed by atoms with Crippen molar-refractivity contribution in [2.24, 2.45) is 0 Å². The maximum Gasteiger partial charge on any atom is 0.337 e. The zero-order valence-corrected chi connectivity index (χ0v) is 15.2. The third-order valence-corrected chi connectivity index (χ3v) is 4.43. The maximum absolute atomic E-state index is 12.8. The highest BCUT2D eigenvalue weighted by molar-refractivity contribution is 6.11. The summed E-state index contributed by atoms with van der Waals surface area (Å²) in [6, 6.07) is -1.84. The van der Waals surface area contributed by atoms with E-state index in [1.807, 2.05) is 0 Å². The molecule has 0 unspecified atom stereocenters. The zero-order valence-electron chi connectivity index (χ0n) is 15.2. The number of imide groups is 4. The SMILES string of the molecule is CCC(=O)N1C(=O)N(C(=O)CC)C2C1N(C(=O)CC)C(=O)N2C(=O)CC. The van der Waals surface area contributed by atoms with Crippen molar-refractivity contribution in [3.05, 3.63) is 0 Å². The molecule has 0 atom stereocenters. The molecule has 2 aliphatic heterocycles. The van der Waals surface area contributed by atoms with Gasteiger partial charge in [0, 0.05) is 25.7 Å². The Kier molecular flexibility index (Phi) is 5.43. The second kappa shape index (κ2) is 7.22. The molecule has 8 amide bonds. The molecule has 0 aliphatic carbocycles. The second-order valence-electron chi connectivity index (χ2n) is 5.86. The highest BCUT2D eigenvalue weighted by atomic mass is 16.2. The van der Waals surface area contributed by atoms with Gasteiger partial charge in [-0.25, -0.2) is 29.2 Å². The fraction of sp³-hybridized carbons (Fsp3) is 0.625. The number of fused-ring (bicyclic) bond motifs is 1. The highest BCUT2D eigenvalue weighted by Crippen LogP contribution is 2.36. The predicted molar refractivity (Wildman–Crippen MR) is 86.9 cm³/mol. The summed E-state index contributed by atoms with van der Waals surface area (Å²) in [7, 11) is 0. The predicted octanol–water partition coefficient (Wildman–Crippen LogP) is 0.860. The summed E-state index contributed by atoms with van der Waals surface area (Å²) in [6.07, 6.45) is -2.91. The molecule has 0 aromatic heterocycles. The van der Waals surface area contributed by atoms with E-state index in [2.05, 4.69) is 0 Å². The van der Waals surface area contributed by atoms with E-state index in [9.17, 15) is 28.8 Å². The summed E-state index contributed by atoms with van der Waals surface area (Å²) in [6.45, 7) is 6.08. The molecule has 10 nitrogen and oxygen atoms in total. The van der Waals surface area contributed by atoms with Gasteiger partial charge in [0.25, 0.3) is 0 Å². The van der Waals surface area contributed by atoms with Crippen LogP contribution in [0.15, 0.2) is 0 Å². The fourth-order valence-corrected chi connectivity index (χ4v) is 3.15. The monoisotopic (exact) mass is 366 g/mol. The molecular formula is C16H22N4O6. The second-order valence-corrected chi connectivity index (χ2v) is 5.86. The Morgan fingerprint density at radius 2 is 0.769 bits per heavy atom. The van der Waals surface area contributed by atoms with E-state index < -0.39 is 48.0 Å². The summed E-state index contributed by atoms with van der Waals surface area (Å²) < 4.78 is 0. The molecule has 0 aromatic rings. The molecule has 26 heavy (non-hydrogen) atoms. The van der Waals surface area contributed by atoms with E-state index >= 15 is 0 Å². The summed E-state index contributed by atoms with van der Waals surface area (Å²) >= 11 is 0. The number of rotatable bonds is 4. The lowest BCUT2D eigenvalue weighted by atomic mass is 10.2. The van der Waals surface area contributed by atoms with Crippen molar-refractivity contribution in [2.75, 3.05) is 0 Å². The number of hydrogen-bond acceptors (Lipinski definition) is 6. The average Bonchev–Trinajstić information content (AvgIpc) is 3.08. The lowest BCUT2D eigenvalue weighted by Gasteiger charge is -2.26. The van der Waals surface area contributed by atoms with E-state index in [-0.39, 0.29) is 25.7 Å². The van der Waals surface area contributed by atoms with Crippen molar-refractivity contribution in [1.29, 1.82) is 0 Å². The largest absolute Gasteiger partial charge is 0.337 e. The minimum atomic E-state index is -1.33. The van der Waals surface area contributed by atoms with Gasteiger partial charge in [0.05, 0.1) is 0 Å². The Hall–Kier alpha value is -2.78. The Balaban J connectivity index is 2.67. The van der Waals surface area contributed by atoms with Crippen LogP contribution < -0.4 is 0 Å². The van der Waals surface area contributed by atoms with Crippen LogP contribution in [0.1, 0.15) is 53.4 Å². The molecule has 10 heteroatoms. The van der Waals surface area contributed by atoms with E-state index in [0.717, 1.165) is 19.6 Å². The first-order chi connectivity index (χ1) is 12.3. The molecule has 2 aliphatic rings. The van der Waals surface area contributed by atoms with Gasteiger partial charge in [-0.15, -0.1) is 0 Å². The summed E-state index contributed by atoms with van der Waals surface area (Å²) in [5.41, 5.74) is 0. The Morgan fingerprint density at radius 1 is 0.577 bits per heavy atom. The summed E-state index contributed by atoms with van der Waals surface area (Å²) in [4.78, 5) is 77.9. The number of amides is 8. The van der Waals surface area contributed by atoms with Gasteiger partial charge in [-0.1, -0.05) is 27.7 Å². The molecule has 0 bridgehead atoms. The number of carbonyl (C=O) groups is 6. The van der Waals surface area contributed by atoms with E-state index in [4.69, 9.17) is 0 Å². The van der Waals surface area contributed by atoms with Gasteiger partial charge in [0.1, 0.15) is 0 Å². The van der Waals surface area contributed by atoms with Gasteiger partial charge >= 0.3 is 12.1 Å². The molecule has 0 N–H and O–H groups in total. The zero-order chi connectivity index (χ0) is 19.8. The van der Waals surface area contributed by atoms with Gasteiger partial charge in [-0.2, -0.15) is 0 Å². The van der Waals surface area contributed by atoms with Gasteiger partial charge < -0.3 is 0 Å². The molecule has 2 fully saturated rings. The standard InChI is InChI=1S/C16H22N4O6/c1-5-9(21)17-13-14(19(15(17)25)11(23)7-3)20(12(24)8-4)16(26)18(13)10(22)6-2/h13-14H,5-8H2,1-4H3. The molecular weight excluding hydrogens is 344 g/mol. The number of urea groups is 2. The lowest BCUT2D eigenvalue weighted by molar-refractivity contribution is -0.139. The van der Waals surface area contributed by atoms with Crippen molar-refractivity contribution < 1.29 is 28.8 Å². The van der Waals surface area contributed by atoms with Crippen LogP contribution >= 0.6 is 0 Å². The minimum Gasteiger partial charge on any atom is -0.274 e. The molecule has 0 saturated carbocycles. The first kappa shape index (κ1) is 19.5. The molecule has 2 saturated heterocycles. The van der Waals surface area contributed by atoms with Crippen molar-refractivity contribution in [3.63, 3.8) is 0 Å². The topological polar surface area (TPSA) is 115 Å². The summed E-state index contributed by atoms with van der Waals surface area (Å²) in [5.74, 6) is -2.54. The first-order valence-electron chi connectivity index (χ1n) is 8.62. The quantitative estimate of drug-likeness (QED) is 0.729. The molecule has 0 aromatic carbocycles. The Morgan fingerprint density at radius 3 is 0.923 bits per heavy atom. The van der Waals surface area contributed by atoms with Crippen LogP contribution in [-0.2, 0) is 19.2 Å². The van der Waals surface area contributed by atoms with Crippen molar-refractivity contribution >= 4 is 35.7 Å². The van der Waals surface area contributed by atoms with Crippen molar-refractivity contribution in [1.82, 2.24) is 19.6 Å². The fourth-order valence-electron chi connectivity index (χ4n) is 3.15. The molecule has 2 rings (SSSR count). The van der Waals surface area contributed by atoms with Crippen LogP contribution in [0.3, 0.4) is 0 Å². The highest BCUT2D eigenvalue weighted by Gasteiger charge is 2.64. The van der Waals surface area contributed by atoms with E-state index in [1.165, 1.54) is 27.7 Å². The third kappa shape index (κ3) is 2.65. The molecule has 0 spiro atoms. The van der Waals surface area contributed by atoms with Crippen LogP contribution in [0, 0.1) is 0 Å². The normalized spacial score (nSPS) is 22.2. The lowest BCUT2D eigenvalue weighted by Crippen LogP contribution is -2.52. The number of carbonyl (C=O) groups excluding carboxylic acids is 6. The summed E-state index contributed by atoms with van der Waals surface area (Å²) in [5, 5.41) is 0. The Bertz CT molecular complexity index is 580. The smallest absolute Gasteiger partial charge is 0.274 e. The van der Waals surface area contributed by atoms with Crippen LogP contribution in [0.25, 0.3) is 0 Å². The van der Waals surface area contributed by atoms with Crippen LogP contribution in [0.2, 0.25) is 0 Å².